The summed E-state index contributed by atoms with van der Waals surface area (Å²) >= 11 is 0. The monoisotopic (exact) mass is 431 g/mol. The first kappa shape index (κ1) is 20.9. The number of halogens is 3. The minimum Gasteiger partial charge on any atom is -0.478 e. The largest absolute Gasteiger partial charge is 0.478 e. The van der Waals surface area contributed by atoms with Crippen molar-refractivity contribution in [2.75, 3.05) is 6.54 Å². The SMILES string of the molecule is O=C(O)c1ccc2c(c1)nc(CCNC(=O)C1CC1)n2Cc1cccc(C(F)(F)F)c1. The standard InChI is InChI=1S/C22H20F3N3O3/c23-22(24,25)16-3-1-2-13(10-16)12-28-18-7-6-15(21(30)31)11-17(18)27-19(28)8-9-26-20(29)14-4-5-14/h1-3,6-7,10-11,14H,4-5,8-9,12H2,(H,26,29)(H,30,31). The smallest absolute Gasteiger partial charge is 0.416 e. The van der Waals surface area contributed by atoms with E-state index in [0.29, 0.717) is 35.4 Å². The van der Waals surface area contributed by atoms with E-state index in [1.807, 2.05) is 0 Å². The summed E-state index contributed by atoms with van der Waals surface area (Å²) in [7, 11) is 0. The Kier molecular flexibility index (Phi) is 5.43. The third kappa shape index (κ3) is 4.70. The van der Waals surface area contributed by atoms with E-state index in [1.165, 1.54) is 18.2 Å². The van der Waals surface area contributed by atoms with Crippen molar-refractivity contribution in [1.82, 2.24) is 14.9 Å². The van der Waals surface area contributed by atoms with Crippen LogP contribution in [0, 0.1) is 5.92 Å². The maximum atomic E-state index is 13.1. The van der Waals surface area contributed by atoms with Crippen LogP contribution in [0.3, 0.4) is 0 Å². The third-order valence-electron chi connectivity index (χ3n) is 5.27. The molecule has 9 heteroatoms. The number of rotatable bonds is 7. The molecule has 1 aromatic heterocycles. The number of benzene rings is 2. The number of carboxylic acids is 1. The predicted molar refractivity (Wildman–Crippen MR) is 107 cm³/mol. The lowest BCUT2D eigenvalue weighted by atomic mass is 10.1. The lowest BCUT2D eigenvalue weighted by molar-refractivity contribution is -0.137. The number of fused-ring (bicyclic) bond motifs is 1. The molecule has 1 aliphatic carbocycles. The number of hydrogen-bond donors (Lipinski definition) is 2. The fourth-order valence-electron chi connectivity index (χ4n) is 3.50. The highest BCUT2D eigenvalue weighted by atomic mass is 19.4. The molecule has 1 fully saturated rings. The average Bonchev–Trinajstić information content (AvgIpc) is 3.51. The number of amides is 1. The molecule has 1 heterocycles. The number of hydrogen-bond acceptors (Lipinski definition) is 3. The van der Waals surface area contributed by atoms with Gasteiger partial charge in [-0.3, -0.25) is 4.79 Å². The van der Waals surface area contributed by atoms with Crippen LogP contribution in [0.2, 0.25) is 0 Å². The summed E-state index contributed by atoms with van der Waals surface area (Å²) in [6, 6.07) is 9.55. The molecule has 31 heavy (non-hydrogen) atoms. The third-order valence-corrected chi connectivity index (χ3v) is 5.27. The van der Waals surface area contributed by atoms with Crippen LogP contribution in [0.25, 0.3) is 11.0 Å². The summed E-state index contributed by atoms with van der Waals surface area (Å²) in [6.45, 7) is 0.478. The van der Waals surface area contributed by atoms with E-state index >= 15 is 0 Å². The van der Waals surface area contributed by atoms with Gasteiger partial charge >= 0.3 is 12.1 Å². The zero-order valence-corrected chi connectivity index (χ0v) is 16.4. The Balaban J connectivity index is 1.65. The summed E-state index contributed by atoms with van der Waals surface area (Å²) in [6.07, 6.45) is -2.30. The molecule has 0 saturated heterocycles. The quantitative estimate of drug-likeness (QED) is 0.595. The van der Waals surface area contributed by atoms with Crippen LogP contribution in [0.5, 0.6) is 0 Å². The van der Waals surface area contributed by atoms with Crippen molar-refractivity contribution in [3.8, 4) is 0 Å². The van der Waals surface area contributed by atoms with E-state index in [1.54, 1.807) is 16.7 Å². The zero-order valence-electron chi connectivity index (χ0n) is 16.4. The number of carbonyl (C=O) groups excluding carboxylic acids is 1. The minimum absolute atomic E-state index is 0.00583. The molecule has 0 atom stereocenters. The van der Waals surface area contributed by atoms with Gasteiger partial charge in [-0.1, -0.05) is 12.1 Å². The highest BCUT2D eigenvalue weighted by molar-refractivity contribution is 5.92. The average molecular weight is 431 g/mol. The van der Waals surface area contributed by atoms with Gasteiger partial charge in [0.15, 0.2) is 0 Å². The number of carboxylic acid groups (broad SMARTS) is 1. The number of imidazole rings is 1. The van der Waals surface area contributed by atoms with Crippen LogP contribution in [0.4, 0.5) is 13.2 Å². The highest BCUT2D eigenvalue weighted by Gasteiger charge is 2.31. The molecule has 3 aromatic rings. The Hall–Kier alpha value is -3.36. The van der Waals surface area contributed by atoms with Gasteiger partial charge in [0.2, 0.25) is 5.91 Å². The zero-order chi connectivity index (χ0) is 22.2. The van der Waals surface area contributed by atoms with Crippen molar-refractivity contribution in [2.24, 2.45) is 5.92 Å². The van der Waals surface area contributed by atoms with Crippen molar-refractivity contribution < 1.29 is 27.9 Å². The first-order valence-electron chi connectivity index (χ1n) is 9.88. The second-order valence-electron chi connectivity index (χ2n) is 7.64. The van der Waals surface area contributed by atoms with Gasteiger partial charge in [0.05, 0.1) is 22.2 Å². The maximum Gasteiger partial charge on any atom is 0.416 e. The van der Waals surface area contributed by atoms with Crippen LogP contribution in [-0.4, -0.2) is 33.1 Å². The Bertz CT molecular complexity index is 1150. The van der Waals surface area contributed by atoms with Crippen molar-refractivity contribution in [3.05, 3.63) is 65.0 Å². The normalized spacial score (nSPS) is 14.0. The number of aromatic nitrogens is 2. The topological polar surface area (TPSA) is 84.2 Å². The molecule has 1 aliphatic rings. The molecule has 0 aliphatic heterocycles. The molecular formula is C22H20F3N3O3. The van der Waals surface area contributed by atoms with Gasteiger partial charge in [-0.25, -0.2) is 9.78 Å². The molecule has 0 spiro atoms. The van der Waals surface area contributed by atoms with E-state index in [-0.39, 0.29) is 23.9 Å². The van der Waals surface area contributed by atoms with Crippen molar-refractivity contribution >= 4 is 22.9 Å². The summed E-state index contributed by atoms with van der Waals surface area (Å²) in [4.78, 5) is 27.7. The molecule has 0 radical (unpaired) electrons. The van der Waals surface area contributed by atoms with E-state index in [0.717, 1.165) is 25.0 Å². The maximum absolute atomic E-state index is 13.1. The number of alkyl halides is 3. The lowest BCUT2D eigenvalue weighted by Gasteiger charge is -2.12. The summed E-state index contributed by atoms with van der Waals surface area (Å²) < 4.78 is 41.1. The molecule has 2 N–H and O–H groups in total. The van der Waals surface area contributed by atoms with Crippen molar-refractivity contribution in [1.29, 1.82) is 0 Å². The number of nitrogens with one attached hydrogen (secondary N) is 1. The van der Waals surface area contributed by atoms with Gasteiger partial charge in [0.25, 0.3) is 0 Å². The van der Waals surface area contributed by atoms with Crippen LogP contribution in [0.15, 0.2) is 42.5 Å². The molecule has 1 amide bonds. The van der Waals surface area contributed by atoms with Crippen molar-refractivity contribution in [3.63, 3.8) is 0 Å². The van der Waals surface area contributed by atoms with E-state index in [9.17, 15) is 27.9 Å². The Morgan fingerprint density at radius 2 is 1.94 bits per heavy atom. The van der Waals surface area contributed by atoms with Gasteiger partial charge < -0.3 is 15.0 Å². The Labute approximate surface area is 175 Å². The number of carbonyl (C=O) groups is 2. The van der Waals surface area contributed by atoms with Crippen LogP contribution in [0.1, 0.15) is 40.2 Å². The van der Waals surface area contributed by atoms with Crippen LogP contribution >= 0.6 is 0 Å². The number of aromatic carboxylic acids is 1. The molecule has 2 aromatic carbocycles. The molecular weight excluding hydrogens is 411 g/mol. The van der Waals surface area contributed by atoms with Gasteiger partial charge in [-0.05, 0) is 48.7 Å². The summed E-state index contributed by atoms with van der Waals surface area (Å²) in [5.41, 5.74) is 0.840. The van der Waals surface area contributed by atoms with Gasteiger partial charge in [0, 0.05) is 25.4 Å². The minimum atomic E-state index is -4.45. The lowest BCUT2D eigenvalue weighted by Crippen LogP contribution is -2.27. The number of nitrogens with zero attached hydrogens (tertiary/aromatic N) is 2. The Morgan fingerprint density at radius 1 is 1.16 bits per heavy atom. The fraction of sp³-hybridized carbons (Fsp3) is 0.318. The second-order valence-corrected chi connectivity index (χ2v) is 7.64. The van der Waals surface area contributed by atoms with Gasteiger partial charge in [0.1, 0.15) is 5.82 Å². The molecule has 0 bridgehead atoms. The van der Waals surface area contributed by atoms with E-state index in [4.69, 9.17) is 0 Å². The first-order valence-corrected chi connectivity index (χ1v) is 9.88. The highest BCUT2D eigenvalue weighted by Crippen LogP contribution is 2.30. The van der Waals surface area contributed by atoms with E-state index < -0.39 is 17.7 Å². The van der Waals surface area contributed by atoms with E-state index in [2.05, 4.69) is 10.3 Å². The molecule has 4 rings (SSSR count). The predicted octanol–water partition coefficient (Wildman–Crippen LogP) is 3.87. The van der Waals surface area contributed by atoms with Crippen molar-refractivity contribution in [2.45, 2.75) is 32.0 Å². The van der Waals surface area contributed by atoms with Crippen LogP contribution in [-0.2, 0) is 23.9 Å². The second kappa shape index (κ2) is 8.05. The summed E-state index contributed by atoms with van der Waals surface area (Å²) in [5, 5.41) is 12.1. The Morgan fingerprint density at radius 3 is 2.61 bits per heavy atom. The molecule has 162 valence electrons. The fourth-order valence-corrected chi connectivity index (χ4v) is 3.50. The molecule has 6 nitrogen and oxygen atoms in total. The first-order chi connectivity index (χ1) is 14.7. The molecule has 0 unspecified atom stereocenters. The molecule has 1 saturated carbocycles. The van der Waals surface area contributed by atoms with Gasteiger partial charge in [-0.15, -0.1) is 0 Å². The summed E-state index contributed by atoms with van der Waals surface area (Å²) in [5.74, 6) is -0.464. The van der Waals surface area contributed by atoms with Crippen LogP contribution < -0.4 is 5.32 Å². The van der Waals surface area contributed by atoms with Gasteiger partial charge in [-0.2, -0.15) is 13.2 Å².